The Morgan fingerprint density at radius 3 is 2.58 bits per heavy atom. The summed E-state index contributed by atoms with van der Waals surface area (Å²) in [4.78, 5) is 24.8. The van der Waals surface area contributed by atoms with E-state index in [4.69, 9.17) is 0 Å². The molecule has 0 atom stereocenters. The minimum Gasteiger partial charge on any atom is -0.349 e. The van der Waals surface area contributed by atoms with Crippen LogP contribution >= 0.6 is 11.3 Å². The van der Waals surface area contributed by atoms with Gasteiger partial charge in [0.25, 0.3) is 11.8 Å². The minimum atomic E-state index is -0.409. The number of halogens is 1. The molecular weight excluding hydrogens is 331 g/mol. The molecule has 3 rings (SSSR count). The van der Waals surface area contributed by atoms with E-state index in [0.717, 1.165) is 0 Å². The van der Waals surface area contributed by atoms with Crippen LogP contribution in [0.1, 0.15) is 33.9 Å². The predicted octanol–water partition coefficient (Wildman–Crippen LogP) is 3.15. The van der Waals surface area contributed by atoms with E-state index in [1.54, 1.807) is 6.07 Å². The van der Waals surface area contributed by atoms with Crippen LogP contribution in [-0.4, -0.2) is 28.1 Å². The van der Waals surface area contributed by atoms with Crippen LogP contribution in [0, 0.1) is 5.82 Å². The number of anilines is 1. The van der Waals surface area contributed by atoms with Gasteiger partial charge in [-0.1, -0.05) is 0 Å². The lowest BCUT2D eigenvalue weighted by Gasteiger charge is -2.05. The summed E-state index contributed by atoms with van der Waals surface area (Å²) < 4.78 is 13.6. The van der Waals surface area contributed by atoms with Crippen LogP contribution < -0.4 is 10.6 Å². The first-order valence-corrected chi connectivity index (χ1v) is 8.11. The maximum Gasteiger partial charge on any atom is 0.261 e. The number of hydrogen-bond acceptors (Lipinski definition) is 4. The summed E-state index contributed by atoms with van der Waals surface area (Å²) in [6, 6.07) is 6.95. The fourth-order valence-corrected chi connectivity index (χ4v) is 3.08. The number of rotatable bonds is 4. The molecule has 3 aromatic rings. The van der Waals surface area contributed by atoms with Gasteiger partial charge in [-0.05, 0) is 44.2 Å². The molecule has 0 aliphatic carbocycles. The van der Waals surface area contributed by atoms with Gasteiger partial charge >= 0.3 is 0 Å². The van der Waals surface area contributed by atoms with Crippen LogP contribution in [-0.2, 0) is 0 Å². The van der Waals surface area contributed by atoms with Gasteiger partial charge in [-0.25, -0.2) is 4.39 Å². The Bertz CT molecular complexity index is 899. The number of aromatic amines is 1. The zero-order valence-corrected chi connectivity index (χ0v) is 13.8. The van der Waals surface area contributed by atoms with Crippen LogP contribution in [0.2, 0.25) is 0 Å². The van der Waals surface area contributed by atoms with E-state index in [-0.39, 0.29) is 11.9 Å². The lowest BCUT2D eigenvalue weighted by molar-refractivity contribution is 0.0946. The van der Waals surface area contributed by atoms with E-state index in [2.05, 4.69) is 20.8 Å². The first-order chi connectivity index (χ1) is 11.4. The molecule has 0 aliphatic rings. The Morgan fingerprint density at radius 1 is 1.21 bits per heavy atom. The highest BCUT2D eigenvalue weighted by Gasteiger charge is 2.17. The van der Waals surface area contributed by atoms with Gasteiger partial charge in [-0.2, -0.15) is 5.10 Å². The molecule has 0 unspecified atom stereocenters. The molecule has 6 nitrogen and oxygen atoms in total. The average Bonchev–Trinajstić information content (AvgIpc) is 3.09. The molecule has 2 heterocycles. The number of fused-ring (bicyclic) bond motifs is 1. The van der Waals surface area contributed by atoms with Gasteiger partial charge in [0.15, 0.2) is 5.82 Å². The zero-order chi connectivity index (χ0) is 17.3. The van der Waals surface area contributed by atoms with Gasteiger partial charge in [0, 0.05) is 11.6 Å². The summed E-state index contributed by atoms with van der Waals surface area (Å²) in [6.45, 7) is 3.76. The largest absolute Gasteiger partial charge is 0.349 e. The number of nitrogens with zero attached hydrogens (tertiary/aromatic N) is 1. The summed E-state index contributed by atoms with van der Waals surface area (Å²) in [6.07, 6.45) is 0. The van der Waals surface area contributed by atoms with Crippen molar-refractivity contribution in [3.63, 3.8) is 0 Å². The molecule has 8 heteroatoms. The molecule has 0 aliphatic heterocycles. The molecule has 3 N–H and O–H groups in total. The number of benzene rings is 1. The Hall–Kier alpha value is -2.74. The molecule has 0 fully saturated rings. The molecular formula is C16H15FN4O2S. The average molecular weight is 346 g/mol. The standard InChI is InChI=1S/C16H15FN4O2S/c1-8(2)18-16(23)12-7-11-13(24-12)14(21-20-11)19-15(22)9-3-5-10(17)6-4-9/h3-8H,1-2H3,(H,18,23)(H2,19,20,21,22). The van der Waals surface area contributed by atoms with Gasteiger partial charge < -0.3 is 10.6 Å². The predicted molar refractivity (Wildman–Crippen MR) is 90.9 cm³/mol. The third-order valence-electron chi connectivity index (χ3n) is 3.22. The summed E-state index contributed by atoms with van der Waals surface area (Å²) in [5.41, 5.74) is 0.991. The highest BCUT2D eigenvalue weighted by Crippen LogP contribution is 2.30. The summed E-state index contributed by atoms with van der Waals surface area (Å²) in [5, 5.41) is 12.3. The lowest BCUT2D eigenvalue weighted by Crippen LogP contribution is -2.29. The van der Waals surface area contributed by atoms with E-state index >= 15 is 0 Å². The van der Waals surface area contributed by atoms with Crippen molar-refractivity contribution in [3.05, 3.63) is 46.6 Å². The van der Waals surface area contributed by atoms with Gasteiger partial charge in [0.05, 0.1) is 15.1 Å². The fraction of sp³-hybridized carbons (Fsp3) is 0.188. The number of aromatic nitrogens is 2. The third-order valence-corrected chi connectivity index (χ3v) is 4.36. The third kappa shape index (κ3) is 3.28. The van der Waals surface area contributed by atoms with Crippen molar-refractivity contribution in [3.8, 4) is 0 Å². The minimum absolute atomic E-state index is 0.0358. The normalized spacial score (nSPS) is 11.0. The molecule has 1 aromatic carbocycles. The van der Waals surface area contributed by atoms with Crippen molar-refractivity contribution in [2.24, 2.45) is 0 Å². The summed E-state index contributed by atoms with van der Waals surface area (Å²) >= 11 is 1.24. The summed E-state index contributed by atoms with van der Waals surface area (Å²) in [5.74, 6) is -0.638. The van der Waals surface area contributed by atoms with E-state index < -0.39 is 11.7 Å². The fourth-order valence-electron chi connectivity index (χ4n) is 2.13. The second-order valence-corrected chi connectivity index (χ2v) is 6.57. The summed E-state index contributed by atoms with van der Waals surface area (Å²) in [7, 11) is 0. The first kappa shape index (κ1) is 16.1. The van der Waals surface area contributed by atoms with Crippen LogP contribution in [0.25, 0.3) is 10.2 Å². The number of carbonyl (C=O) groups excluding carboxylic acids is 2. The number of thiophene rings is 1. The van der Waals surface area contributed by atoms with Crippen LogP contribution in [0.15, 0.2) is 30.3 Å². The maximum absolute atomic E-state index is 12.9. The van der Waals surface area contributed by atoms with Crippen molar-refractivity contribution in [1.29, 1.82) is 0 Å². The monoisotopic (exact) mass is 346 g/mol. The zero-order valence-electron chi connectivity index (χ0n) is 13.0. The Morgan fingerprint density at radius 2 is 1.92 bits per heavy atom. The van der Waals surface area contributed by atoms with Crippen molar-refractivity contribution >= 4 is 39.2 Å². The van der Waals surface area contributed by atoms with Gasteiger partial charge in [0.2, 0.25) is 0 Å². The second kappa shape index (κ2) is 6.40. The number of amides is 2. The van der Waals surface area contributed by atoms with Crippen molar-refractivity contribution in [2.75, 3.05) is 5.32 Å². The number of hydrogen-bond donors (Lipinski definition) is 3. The molecule has 0 bridgehead atoms. The van der Waals surface area contributed by atoms with Crippen molar-refractivity contribution in [2.45, 2.75) is 19.9 Å². The SMILES string of the molecule is CC(C)NC(=O)c1cc2[nH]nc(NC(=O)c3ccc(F)cc3)c2s1. The quantitative estimate of drug-likeness (QED) is 0.678. The second-order valence-electron chi connectivity index (χ2n) is 5.51. The molecule has 2 amide bonds. The Kier molecular flexibility index (Phi) is 4.30. The van der Waals surface area contributed by atoms with Crippen molar-refractivity contribution in [1.82, 2.24) is 15.5 Å². The Balaban J connectivity index is 1.82. The van der Waals surface area contributed by atoms with E-state index in [1.165, 1.54) is 35.6 Å². The molecule has 2 aromatic heterocycles. The molecule has 124 valence electrons. The molecule has 0 saturated heterocycles. The first-order valence-electron chi connectivity index (χ1n) is 7.29. The van der Waals surface area contributed by atoms with E-state index in [1.807, 2.05) is 13.8 Å². The van der Waals surface area contributed by atoms with Crippen LogP contribution in [0.5, 0.6) is 0 Å². The maximum atomic E-state index is 12.9. The number of nitrogens with one attached hydrogen (secondary N) is 3. The molecule has 0 saturated carbocycles. The van der Waals surface area contributed by atoms with Gasteiger partial charge in [-0.3, -0.25) is 14.7 Å². The van der Waals surface area contributed by atoms with Crippen LogP contribution in [0.3, 0.4) is 0 Å². The van der Waals surface area contributed by atoms with Gasteiger partial charge in [-0.15, -0.1) is 11.3 Å². The molecule has 0 radical (unpaired) electrons. The number of H-pyrrole nitrogens is 1. The molecule has 0 spiro atoms. The van der Waals surface area contributed by atoms with Crippen molar-refractivity contribution < 1.29 is 14.0 Å². The smallest absolute Gasteiger partial charge is 0.261 e. The lowest BCUT2D eigenvalue weighted by atomic mass is 10.2. The van der Waals surface area contributed by atoms with E-state index in [0.29, 0.717) is 26.5 Å². The van der Waals surface area contributed by atoms with Gasteiger partial charge in [0.1, 0.15) is 5.82 Å². The Labute approximate surface area is 141 Å². The topological polar surface area (TPSA) is 86.9 Å². The highest BCUT2D eigenvalue weighted by atomic mass is 32.1. The molecule has 24 heavy (non-hydrogen) atoms. The van der Waals surface area contributed by atoms with Crippen LogP contribution in [0.4, 0.5) is 10.2 Å². The number of carbonyl (C=O) groups is 2. The van der Waals surface area contributed by atoms with E-state index in [9.17, 15) is 14.0 Å². The highest BCUT2D eigenvalue weighted by molar-refractivity contribution is 7.21.